The molecule has 1 amide bonds. The first-order chi connectivity index (χ1) is 7.02. The van der Waals surface area contributed by atoms with Crippen LogP contribution in [0.2, 0.25) is 0 Å². The van der Waals surface area contributed by atoms with Crippen molar-refractivity contribution in [3.63, 3.8) is 0 Å². The molecule has 0 fully saturated rings. The molecule has 0 aromatic carbocycles. The van der Waals surface area contributed by atoms with Gasteiger partial charge in [-0.05, 0) is 18.1 Å². The number of aromatic hydroxyl groups is 1. The maximum absolute atomic E-state index is 11.5. The average Bonchev–Trinajstić information content (AvgIpc) is 2.20. The Bertz CT molecular complexity index is 358. The number of anilines is 1. The van der Waals surface area contributed by atoms with Crippen molar-refractivity contribution in [2.75, 3.05) is 5.32 Å². The lowest BCUT2D eigenvalue weighted by Gasteiger charge is -2.15. The molecular weight excluding hydrogens is 230 g/mol. The van der Waals surface area contributed by atoms with E-state index >= 15 is 0 Å². The Labute approximate surface area is 100 Å². The van der Waals surface area contributed by atoms with E-state index in [-0.39, 0.29) is 35.8 Å². The van der Waals surface area contributed by atoms with Gasteiger partial charge < -0.3 is 16.2 Å². The molecule has 4 N–H and O–H groups in total. The van der Waals surface area contributed by atoms with E-state index in [4.69, 9.17) is 5.73 Å². The minimum atomic E-state index is -0.605. The number of nitrogens with two attached hydrogens (primary N) is 1. The van der Waals surface area contributed by atoms with Gasteiger partial charge in [0, 0.05) is 6.20 Å². The van der Waals surface area contributed by atoms with E-state index in [2.05, 4.69) is 10.3 Å². The molecule has 0 aliphatic heterocycles. The molecule has 6 heteroatoms. The lowest BCUT2D eigenvalue weighted by atomic mass is 10.1. The number of carbonyl (C=O) groups excluding carboxylic acids is 1. The number of aromatic nitrogens is 1. The van der Waals surface area contributed by atoms with E-state index in [1.807, 2.05) is 13.8 Å². The molecule has 0 saturated carbocycles. The van der Waals surface area contributed by atoms with Gasteiger partial charge in [-0.1, -0.05) is 13.8 Å². The molecule has 1 unspecified atom stereocenters. The van der Waals surface area contributed by atoms with Crippen molar-refractivity contribution >= 4 is 24.1 Å². The van der Waals surface area contributed by atoms with Gasteiger partial charge in [0.05, 0.1) is 6.04 Å². The highest BCUT2D eigenvalue weighted by atomic mass is 35.5. The number of halogens is 1. The monoisotopic (exact) mass is 245 g/mol. The zero-order valence-electron chi connectivity index (χ0n) is 9.18. The highest BCUT2D eigenvalue weighted by molar-refractivity contribution is 5.95. The molecule has 0 aliphatic rings. The molecule has 1 heterocycles. The van der Waals surface area contributed by atoms with Crippen LogP contribution in [0.3, 0.4) is 0 Å². The third-order valence-electron chi connectivity index (χ3n) is 2.05. The Morgan fingerprint density at radius 3 is 2.69 bits per heavy atom. The first kappa shape index (κ1) is 14.7. The first-order valence-corrected chi connectivity index (χ1v) is 4.72. The summed E-state index contributed by atoms with van der Waals surface area (Å²) in [5, 5.41) is 11.8. The van der Waals surface area contributed by atoms with Crippen LogP contribution in [0, 0.1) is 5.92 Å². The van der Waals surface area contributed by atoms with Crippen LogP contribution in [0.1, 0.15) is 13.8 Å². The minimum absolute atomic E-state index is 0. The predicted octanol–water partition coefficient (Wildman–Crippen LogP) is 1.13. The molecule has 1 aromatic heterocycles. The average molecular weight is 246 g/mol. The molecule has 5 nitrogen and oxygen atoms in total. The predicted molar refractivity (Wildman–Crippen MR) is 64.6 cm³/mol. The van der Waals surface area contributed by atoms with E-state index in [1.54, 1.807) is 6.07 Å². The molecule has 0 bridgehead atoms. The molecule has 1 atom stereocenters. The van der Waals surface area contributed by atoms with Crippen LogP contribution >= 0.6 is 12.4 Å². The number of carbonyl (C=O) groups is 1. The molecule has 1 rings (SSSR count). The molecule has 0 saturated heterocycles. The van der Waals surface area contributed by atoms with E-state index in [0.29, 0.717) is 0 Å². The molecule has 90 valence electrons. The summed E-state index contributed by atoms with van der Waals surface area (Å²) in [6, 6.07) is 2.42. The number of nitrogens with one attached hydrogen (secondary N) is 1. The summed E-state index contributed by atoms with van der Waals surface area (Å²) in [6.45, 7) is 3.70. The van der Waals surface area contributed by atoms with Gasteiger partial charge in [-0.15, -0.1) is 12.4 Å². The molecule has 16 heavy (non-hydrogen) atoms. The highest BCUT2D eigenvalue weighted by Gasteiger charge is 2.18. The number of pyridine rings is 1. The van der Waals surface area contributed by atoms with Crippen LogP contribution in [-0.2, 0) is 4.79 Å². The van der Waals surface area contributed by atoms with Crippen molar-refractivity contribution in [3.05, 3.63) is 18.3 Å². The SMILES string of the molecule is CC(C)C(N)C(=O)Nc1ncccc1O.Cl. The second kappa shape index (κ2) is 6.30. The van der Waals surface area contributed by atoms with Gasteiger partial charge in [-0.3, -0.25) is 4.79 Å². The van der Waals surface area contributed by atoms with Gasteiger partial charge >= 0.3 is 0 Å². The van der Waals surface area contributed by atoms with Crippen LogP contribution in [0.15, 0.2) is 18.3 Å². The normalized spacial score (nSPS) is 11.8. The van der Waals surface area contributed by atoms with E-state index in [0.717, 1.165) is 0 Å². The van der Waals surface area contributed by atoms with Crippen molar-refractivity contribution in [3.8, 4) is 5.75 Å². The van der Waals surface area contributed by atoms with Crippen molar-refractivity contribution in [1.29, 1.82) is 0 Å². The fourth-order valence-electron chi connectivity index (χ4n) is 0.996. The Morgan fingerprint density at radius 1 is 1.56 bits per heavy atom. The van der Waals surface area contributed by atoms with E-state index < -0.39 is 6.04 Å². The zero-order valence-corrected chi connectivity index (χ0v) is 9.99. The van der Waals surface area contributed by atoms with Crippen molar-refractivity contribution < 1.29 is 9.90 Å². The standard InChI is InChI=1S/C10H15N3O2.ClH/c1-6(2)8(11)10(15)13-9-7(14)4-3-5-12-9;/h3-6,8,14H,11H2,1-2H3,(H,12,13,15);1H. The zero-order chi connectivity index (χ0) is 11.4. The number of hydrogen-bond acceptors (Lipinski definition) is 4. The second-order valence-corrected chi connectivity index (χ2v) is 3.63. The molecule has 0 aliphatic carbocycles. The summed E-state index contributed by atoms with van der Waals surface area (Å²) in [4.78, 5) is 15.3. The van der Waals surface area contributed by atoms with Crippen LogP contribution in [-0.4, -0.2) is 22.0 Å². The number of hydrogen-bond donors (Lipinski definition) is 3. The molecule has 1 aromatic rings. The number of nitrogens with zero attached hydrogens (tertiary/aromatic N) is 1. The lowest BCUT2D eigenvalue weighted by molar-refractivity contribution is -0.118. The van der Waals surface area contributed by atoms with Gasteiger partial charge in [0.25, 0.3) is 0 Å². The topological polar surface area (TPSA) is 88.2 Å². The first-order valence-electron chi connectivity index (χ1n) is 4.72. The van der Waals surface area contributed by atoms with Crippen LogP contribution in [0.4, 0.5) is 5.82 Å². The van der Waals surface area contributed by atoms with Crippen molar-refractivity contribution in [1.82, 2.24) is 4.98 Å². The molecular formula is C10H16ClN3O2. The summed E-state index contributed by atoms with van der Waals surface area (Å²) in [6.07, 6.45) is 1.48. The second-order valence-electron chi connectivity index (χ2n) is 3.63. The maximum atomic E-state index is 11.5. The van der Waals surface area contributed by atoms with E-state index in [1.165, 1.54) is 12.3 Å². The van der Waals surface area contributed by atoms with Gasteiger partial charge in [-0.2, -0.15) is 0 Å². The third kappa shape index (κ3) is 3.67. The van der Waals surface area contributed by atoms with Crippen molar-refractivity contribution in [2.45, 2.75) is 19.9 Å². The summed E-state index contributed by atoms with van der Waals surface area (Å²) in [5.74, 6) is -0.240. The Kier molecular flexibility index (Phi) is 5.77. The number of rotatable bonds is 3. The highest BCUT2D eigenvalue weighted by Crippen LogP contribution is 2.18. The molecule has 0 radical (unpaired) electrons. The Hall–Kier alpha value is -1.33. The van der Waals surface area contributed by atoms with Crippen LogP contribution < -0.4 is 11.1 Å². The summed E-state index contributed by atoms with van der Waals surface area (Å²) < 4.78 is 0. The summed E-state index contributed by atoms with van der Waals surface area (Å²) in [7, 11) is 0. The Morgan fingerprint density at radius 2 is 2.19 bits per heavy atom. The third-order valence-corrected chi connectivity index (χ3v) is 2.05. The fourth-order valence-corrected chi connectivity index (χ4v) is 0.996. The van der Waals surface area contributed by atoms with Crippen molar-refractivity contribution in [2.24, 2.45) is 11.7 Å². The number of amides is 1. The smallest absolute Gasteiger partial charge is 0.242 e. The maximum Gasteiger partial charge on any atom is 0.242 e. The Balaban J connectivity index is 0.00000225. The minimum Gasteiger partial charge on any atom is -0.504 e. The largest absolute Gasteiger partial charge is 0.504 e. The fraction of sp³-hybridized carbons (Fsp3) is 0.400. The van der Waals surface area contributed by atoms with Gasteiger partial charge in [0.15, 0.2) is 11.6 Å². The van der Waals surface area contributed by atoms with Gasteiger partial charge in [-0.25, -0.2) is 4.98 Å². The van der Waals surface area contributed by atoms with Gasteiger partial charge in [0.2, 0.25) is 5.91 Å². The summed E-state index contributed by atoms with van der Waals surface area (Å²) in [5.41, 5.74) is 5.64. The molecule has 0 spiro atoms. The van der Waals surface area contributed by atoms with Crippen LogP contribution in [0.5, 0.6) is 5.75 Å². The lowest BCUT2D eigenvalue weighted by Crippen LogP contribution is -2.39. The summed E-state index contributed by atoms with van der Waals surface area (Å²) >= 11 is 0. The van der Waals surface area contributed by atoms with Crippen LogP contribution in [0.25, 0.3) is 0 Å². The van der Waals surface area contributed by atoms with Gasteiger partial charge in [0.1, 0.15) is 0 Å². The van der Waals surface area contributed by atoms with E-state index in [9.17, 15) is 9.90 Å². The quantitative estimate of drug-likeness (QED) is 0.745.